The third kappa shape index (κ3) is 1.67. The van der Waals surface area contributed by atoms with E-state index in [0.29, 0.717) is 13.1 Å². The van der Waals surface area contributed by atoms with E-state index in [4.69, 9.17) is 9.15 Å². The summed E-state index contributed by atoms with van der Waals surface area (Å²) in [6.07, 6.45) is 2.50. The molecule has 2 atom stereocenters. The minimum absolute atomic E-state index is 0.0507. The molecule has 0 unspecified atom stereocenters. The van der Waals surface area contributed by atoms with Gasteiger partial charge < -0.3 is 19.0 Å². The van der Waals surface area contributed by atoms with Crippen molar-refractivity contribution in [3.05, 3.63) is 18.4 Å². The van der Waals surface area contributed by atoms with Gasteiger partial charge in [-0.3, -0.25) is 9.59 Å². The Morgan fingerprint density at radius 3 is 3.06 bits per heavy atom. The third-order valence-corrected chi connectivity index (χ3v) is 3.48. The molecule has 0 spiro atoms. The van der Waals surface area contributed by atoms with E-state index < -0.39 is 0 Å². The van der Waals surface area contributed by atoms with Gasteiger partial charge in [0.1, 0.15) is 6.61 Å². The average Bonchev–Trinajstić information content (AvgIpc) is 3.01. The number of hydrogen-bond donors (Lipinski definition) is 0. The second-order valence-corrected chi connectivity index (χ2v) is 4.50. The van der Waals surface area contributed by atoms with Crippen LogP contribution in [0.2, 0.25) is 0 Å². The minimum Gasteiger partial charge on any atom is -0.438 e. The number of amides is 2. The summed E-state index contributed by atoms with van der Waals surface area (Å²) >= 11 is 0. The summed E-state index contributed by atoms with van der Waals surface area (Å²) < 4.78 is 10.4. The Labute approximate surface area is 103 Å². The molecule has 2 aliphatic heterocycles. The monoisotopic (exact) mass is 251 g/mol. The zero-order valence-corrected chi connectivity index (χ0v) is 9.91. The van der Waals surface area contributed by atoms with Crippen LogP contribution in [0.3, 0.4) is 0 Å². The largest absolute Gasteiger partial charge is 0.438 e. The zero-order chi connectivity index (χ0) is 12.7. The van der Waals surface area contributed by atoms with Crippen molar-refractivity contribution in [2.24, 2.45) is 0 Å². The Balaban J connectivity index is 1.75. The van der Waals surface area contributed by atoms with Crippen LogP contribution in [-0.4, -0.2) is 65.5 Å². The highest BCUT2D eigenvalue weighted by Crippen LogP contribution is 2.23. The Morgan fingerprint density at radius 2 is 2.33 bits per heavy atom. The molecule has 7 heteroatoms. The van der Waals surface area contributed by atoms with E-state index in [9.17, 15) is 9.59 Å². The number of likely N-dealkylation sites (N-methyl/N-ethyl adjacent to an activating group) is 1. The maximum Gasteiger partial charge on any atom is 0.291 e. The molecule has 1 aromatic rings. The maximum atomic E-state index is 12.1. The summed E-state index contributed by atoms with van der Waals surface area (Å²) in [4.78, 5) is 30.6. The minimum atomic E-state index is -0.216. The summed E-state index contributed by atoms with van der Waals surface area (Å²) in [6, 6.07) is -0.0712. The molecule has 0 N–H and O–H groups in total. The van der Waals surface area contributed by atoms with Crippen LogP contribution >= 0.6 is 0 Å². The van der Waals surface area contributed by atoms with E-state index in [1.54, 1.807) is 16.8 Å². The number of fused-ring (bicyclic) bond motifs is 1. The summed E-state index contributed by atoms with van der Waals surface area (Å²) in [5.74, 6) is -0.0563. The molecule has 0 bridgehead atoms. The molecule has 96 valence electrons. The highest BCUT2D eigenvalue weighted by atomic mass is 16.5. The van der Waals surface area contributed by atoms with E-state index in [-0.39, 0.29) is 36.3 Å². The van der Waals surface area contributed by atoms with E-state index in [1.807, 2.05) is 0 Å². The number of nitrogens with zero attached hydrogens (tertiary/aromatic N) is 3. The molecule has 2 saturated heterocycles. The van der Waals surface area contributed by atoms with Gasteiger partial charge >= 0.3 is 0 Å². The summed E-state index contributed by atoms with van der Waals surface area (Å²) in [6.45, 7) is 1.02. The van der Waals surface area contributed by atoms with E-state index >= 15 is 0 Å². The lowest BCUT2D eigenvalue weighted by molar-refractivity contribution is -0.150. The Hall–Kier alpha value is -1.89. The molecular formula is C11H13N3O4. The van der Waals surface area contributed by atoms with Crippen molar-refractivity contribution in [3.8, 4) is 0 Å². The lowest BCUT2D eigenvalue weighted by Crippen LogP contribution is -2.51. The van der Waals surface area contributed by atoms with Gasteiger partial charge in [-0.2, -0.15) is 0 Å². The normalized spacial score (nSPS) is 27.5. The first-order valence-corrected chi connectivity index (χ1v) is 5.72. The molecule has 3 heterocycles. The second-order valence-electron chi connectivity index (χ2n) is 4.50. The van der Waals surface area contributed by atoms with E-state index in [0.717, 1.165) is 0 Å². The van der Waals surface area contributed by atoms with Gasteiger partial charge in [0.05, 0.1) is 18.3 Å². The van der Waals surface area contributed by atoms with Crippen LogP contribution in [0.4, 0.5) is 0 Å². The predicted octanol–water partition coefficient (Wildman–Crippen LogP) is -0.644. The molecule has 18 heavy (non-hydrogen) atoms. The van der Waals surface area contributed by atoms with Crippen molar-refractivity contribution in [2.45, 2.75) is 12.1 Å². The molecule has 3 rings (SSSR count). The molecule has 2 amide bonds. The summed E-state index contributed by atoms with van der Waals surface area (Å²) in [5, 5.41) is 0. The molecule has 0 aliphatic carbocycles. The van der Waals surface area contributed by atoms with Crippen molar-refractivity contribution in [1.82, 2.24) is 14.8 Å². The first kappa shape index (κ1) is 11.2. The Kier molecular flexibility index (Phi) is 2.55. The zero-order valence-electron chi connectivity index (χ0n) is 9.91. The third-order valence-electron chi connectivity index (χ3n) is 3.48. The van der Waals surface area contributed by atoms with Gasteiger partial charge in [0.2, 0.25) is 11.7 Å². The fourth-order valence-electron chi connectivity index (χ4n) is 2.40. The highest BCUT2D eigenvalue weighted by molar-refractivity contribution is 5.91. The van der Waals surface area contributed by atoms with Gasteiger partial charge in [-0.15, -0.1) is 0 Å². The van der Waals surface area contributed by atoms with Crippen molar-refractivity contribution in [2.75, 3.05) is 26.7 Å². The van der Waals surface area contributed by atoms with Crippen LogP contribution in [-0.2, 0) is 9.53 Å². The lowest BCUT2D eigenvalue weighted by Gasteiger charge is -2.33. The van der Waals surface area contributed by atoms with Crippen molar-refractivity contribution in [1.29, 1.82) is 0 Å². The van der Waals surface area contributed by atoms with Gasteiger partial charge in [0.25, 0.3) is 5.91 Å². The van der Waals surface area contributed by atoms with Crippen molar-refractivity contribution in [3.63, 3.8) is 0 Å². The molecule has 1 aromatic heterocycles. The number of oxazole rings is 1. The summed E-state index contributed by atoms with van der Waals surface area (Å²) in [7, 11) is 1.74. The van der Waals surface area contributed by atoms with Crippen molar-refractivity contribution < 1.29 is 18.7 Å². The van der Waals surface area contributed by atoms with Crippen LogP contribution in [0.5, 0.6) is 0 Å². The SMILES string of the molecule is CN1C(=O)CO[C@H]2CN(C(=O)c3cnco3)C[C@@H]21. The number of hydrogen-bond acceptors (Lipinski definition) is 5. The van der Waals surface area contributed by atoms with Crippen LogP contribution in [0, 0.1) is 0 Å². The first-order valence-electron chi connectivity index (χ1n) is 5.72. The van der Waals surface area contributed by atoms with Gasteiger partial charge in [0, 0.05) is 20.1 Å². The maximum absolute atomic E-state index is 12.1. The highest BCUT2D eigenvalue weighted by Gasteiger charge is 2.43. The van der Waals surface area contributed by atoms with Gasteiger partial charge in [-0.05, 0) is 0 Å². The van der Waals surface area contributed by atoms with Gasteiger partial charge in [0.15, 0.2) is 6.39 Å². The second kappa shape index (κ2) is 4.09. The van der Waals surface area contributed by atoms with Crippen LogP contribution in [0.25, 0.3) is 0 Å². The number of aromatic nitrogens is 1. The number of morpholine rings is 1. The number of likely N-dealkylation sites (tertiary alicyclic amines) is 1. The van der Waals surface area contributed by atoms with Crippen LogP contribution < -0.4 is 0 Å². The molecule has 0 aromatic carbocycles. The Morgan fingerprint density at radius 1 is 1.50 bits per heavy atom. The lowest BCUT2D eigenvalue weighted by atomic mass is 10.1. The molecule has 2 fully saturated rings. The molecular weight excluding hydrogens is 238 g/mol. The fraction of sp³-hybridized carbons (Fsp3) is 0.545. The Bertz CT molecular complexity index is 473. The quantitative estimate of drug-likeness (QED) is 0.663. The van der Waals surface area contributed by atoms with E-state index in [2.05, 4.69) is 4.98 Å². The first-order chi connectivity index (χ1) is 8.66. The molecule has 0 radical (unpaired) electrons. The molecule has 0 saturated carbocycles. The standard InChI is InChI=1S/C11H13N3O4/c1-13-7-3-14(4-9(7)17-5-10(13)15)11(16)8-2-12-6-18-8/h2,6-7,9H,3-5H2,1H3/t7-,9-/m0/s1. The number of ether oxygens (including phenoxy) is 1. The topological polar surface area (TPSA) is 75.9 Å². The molecule has 2 aliphatic rings. The number of rotatable bonds is 1. The fourth-order valence-corrected chi connectivity index (χ4v) is 2.40. The van der Waals surface area contributed by atoms with E-state index in [1.165, 1.54) is 12.6 Å². The average molecular weight is 251 g/mol. The van der Waals surface area contributed by atoms with Crippen LogP contribution in [0.1, 0.15) is 10.6 Å². The van der Waals surface area contributed by atoms with Gasteiger partial charge in [-0.1, -0.05) is 0 Å². The van der Waals surface area contributed by atoms with Crippen molar-refractivity contribution >= 4 is 11.8 Å². The smallest absolute Gasteiger partial charge is 0.291 e. The molecule has 7 nitrogen and oxygen atoms in total. The predicted molar refractivity (Wildman–Crippen MR) is 58.7 cm³/mol. The number of carbonyl (C=O) groups excluding carboxylic acids is 2. The number of carbonyl (C=O) groups is 2. The van der Waals surface area contributed by atoms with Crippen LogP contribution in [0.15, 0.2) is 17.0 Å². The summed E-state index contributed by atoms with van der Waals surface area (Å²) in [5.41, 5.74) is 0. The van der Waals surface area contributed by atoms with Gasteiger partial charge in [-0.25, -0.2) is 4.98 Å².